The molecule has 0 bridgehead atoms. The van der Waals surface area contributed by atoms with Crippen molar-refractivity contribution < 1.29 is 33.7 Å². The second-order valence-electron chi connectivity index (χ2n) is 12.6. The maximum absolute atomic E-state index is 13.4. The summed E-state index contributed by atoms with van der Waals surface area (Å²) in [5.41, 5.74) is 2.01. The number of nitrogens with zero attached hydrogens (tertiary/aromatic N) is 9. The van der Waals surface area contributed by atoms with Crippen LogP contribution in [0.1, 0.15) is 35.5 Å². The Morgan fingerprint density at radius 2 is 1.74 bits per heavy atom. The highest BCUT2D eigenvalue weighted by atomic mass is 16.5. The minimum atomic E-state index is -1.02. The van der Waals surface area contributed by atoms with E-state index in [2.05, 4.69) is 25.9 Å². The lowest BCUT2D eigenvalue weighted by Crippen LogP contribution is -2.52. The van der Waals surface area contributed by atoms with Crippen LogP contribution in [-0.2, 0) is 25.5 Å². The van der Waals surface area contributed by atoms with Crippen molar-refractivity contribution >= 4 is 29.5 Å². The number of urea groups is 1. The van der Waals surface area contributed by atoms with E-state index in [4.69, 9.17) is 24.3 Å². The van der Waals surface area contributed by atoms with Crippen molar-refractivity contribution in [3.63, 3.8) is 0 Å². The molecule has 3 aliphatic heterocycles. The van der Waals surface area contributed by atoms with Crippen molar-refractivity contribution in [1.82, 2.24) is 29.7 Å². The van der Waals surface area contributed by atoms with E-state index in [1.165, 1.54) is 0 Å². The molecule has 2 amide bonds. The molecule has 3 aromatic heterocycles. The number of aliphatic carboxylic acids is 1. The summed E-state index contributed by atoms with van der Waals surface area (Å²) in [6.07, 6.45) is 5.02. The highest BCUT2D eigenvalue weighted by molar-refractivity contribution is 6.12. The number of anilines is 2. The number of rotatable bonds is 15. The molecule has 50 heavy (non-hydrogen) atoms. The second-order valence-corrected chi connectivity index (χ2v) is 12.6. The predicted octanol–water partition coefficient (Wildman–Crippen LogP) is 1.85. The molecular weight excluding hydrogens is 646 g/mol. The number of fused-ring (bicyclic) bond motifs is 2. The second kappa shape index (κ2) is 15.1. The molecule has 16 nitrogen and oxygen atoms in total. The lowest BCUT2D eigenvalue weighted by molar-refractivity contribution is -0.142. The van der Waals surface area contributed by atoms with Crippen LogP contribution >= 0.6 is 0 Å². The number of carbonyl (C=O) groups is 3. The van der Waals surface area contributed by atoms with Gasteiger partial charge >= 0.3 is 12.0 Å². The summed E-state index contributed by atoms with van der Waals surface area (Å²) in [6.45, 7) is 8.03. The predicted molar refractivity (Wildman–Crippen MR) is 179 cm³/mol. The fourth-order valence-corrected chi connectivity index (χ4v) is 6.36. The van der Waals surface area contributed by atoms with Crippen LogP contribution in [0.4, 0.5) is 16.6 Å². The first-order chi connectivity index (χ1) is 24.2. The standard InChI is InChI=1S/C34H39N9O7/c1-34(2)30(46)26-5-6-27(39-31(26)43(34)19-23-4-3-7-36-28(23)16-35)24-17-37-32(38-18-24)40-8-9-42-25(20-40)21-41(33(42)47)10-11-48-12-13-49-14-15-50-22-29(44)45/h3-7,17-18,25H,8-15,19-22H2,1-2H3,(H,44,45)/t25-/m0/s1. The average molecular weight is 686 g/mol. The molecule has 0 spiro atoms. The van der Waals surface area contributed by atoms with Crippen LogP contribution in [0.25, 0.3) is 11.3 Å². The van der Waals surface area contributed by atoms with Crippen molar-refractivity contribution in [1.29, 1.82) is 5.26 Å². The van der Waals surface area contributed by atoms with Gasteiger partial charge in [-0.2, -0.15) is 5.26 Å². The summed E-state index contributed by atoms with van der Waals surface area (Å²) in [5, 5.41) is 18.1. The van der Waals surface area contributed by atoms with Crippen molar-refractivity contribution in [2.75, 3.05) is 82.2 Å². The zero-order valence-electron chi connectivity index (χ0n) is 28.0. The number of piperazine rings is 1. The Kier molecular flexibility index (Phi) is 10.5. The monoisotopic (exact) mass is 685 g/mol. The molecule has 0 aromatic carbocycles. The minimum absolute atomic E-state index is 0.000257. The Bertz CT molecular complexity index is 1760. The third-order valence-corrected chi connectivity index (χ3v) is 9.05. The fourth-order valence-electron chi connectivity index (χ4n) is 6.36. The number of aromatic nitrogens is 4. The first kappa shape index (κ1) is 34.6. The van der Waals surface area contributed by atoms with E-state index in [1.807, 2.05) is 29.7 Å². The Labute approximate surface area is 289 Å². The van der Waals surface area contributed by atoms with Gasteiger partial charge in [-0.25, -0.2) is 29.5 Å². The molecule has 0 aliphatic carbocycles. The van der Waals surface area contributed by atoms with Gasteiger partial charge in [0.15, 0.2) is 5.78 Å². The van der Waals surface area contributed by atoms with Crippen LogP contribution in [-0.4, -0.2) is 137 Å². The molecule has 0 saturated carbocycles. The van der Waals surface area contributed by atoms with E-state index < -0.39 is 11.5 Å². The van der Waals surface area contributed by atoms with Gasteiger partial charge in [-0.15, -0.1) is 0 Å². The molecular formula is C34H39N9O7. The molecule has 6 heterocycles. The third kappa shape index (κ3) is 7.34. The van der Waals surface area contributed by atoms with Gasteiger partial charge < -0.3 is 38.9 Å². The van der Waals surface area contributed by atoms with Crippen molar-refractivity contribution in [2.24, 2.45) is 0 Å². The van der Waals surface area contributed by atoms with Gasteiger partial charge in [0.2, 0.25) is 5.95 Å². The number of hydrogen-bond donors (Lipinski definition) is 1. The van der Waals surface area contributed by atoms with E-state index in [0.717, 1.165) is 0 Å². The first-order valence-electron chi connectivity index (χ1n) is 16.4. The Morgan fingerprint density at radius 3 is 2.48 bits per heavy atom. The minimum Gasteiger partial charge on any atom is -0.480 e. The topological polar surface area (TPSA) is 187 Å². The van der Waals surface area contributed by atoms with E-state index in [9.17, 15) is 19.6 Å². The van der Waals surface area contributed by atoms with Gasteiger partial charge in [-0.05, 0) is 32.0 Å². The number of amides is 2. The molecule has 2 fully saturated rings. The first-order valence-corrected chi connectivity index (χ1v) is 16.4. The number of nitriles is 1. The van der Waals surface area contributed by atoms with E-state index in [1.54, 1.807) is 41.7 Å². The van der Waals surface area contributed by atoms with Gasteiger partial charge in [-0.1, -0.05) is 6.07 Å². The van der Waals surface area contributed by atoms with Crippen molar-refractivity contribution in [3.8, 4) is 17.3 Å². The maximum Gasteiger partial charge on any atom is 0.329 e. The maximum atomic E-state index is 13.4. The molecule has 1 atom stereocenters. The summed E-state index contributed by atoms with van der Waals surface area (Å²) in [5.74, 6) is 0.0461. The summed E-state index contributed by atoms with van der Waals surface area (Å²) < 4.78 is 15.9. The van der Waals surface area contributed by atoms with Gasteiger partial charge in [0.1, 0.15) is 24.2 Å². The number of Topliss-reactive ketones (excluding diaryl/α,β-unsaturated/α-hetero) is 1. The number of ether oxygens (including phenoxy) is 3. The smallest absolute Gasteiger partial charge is 0.329 e. The molecule has 6 rings (SSSR count). The third-order valence-electron chi connectivity index (χ3n) is 9.05. The van der Waals surface area contributed by atoms with E-state index in [-0.39, 0.29) is 37.7 Å². The Hall–Kier alpha value is -5.24. The highest BCUT2D eigenvalue weighted by Gasteiger charge is 2.45. The van der Waals surface area contributed by atoms with Crippen LogP contribution in [0, 0.1) is 11.3 Å². The molecule has 16 heteroatoms. The van der Waals surface area contributed by atoms with Gasteiger partial charge in [0.25, 0.3) is 0 Å². The number of pyridine rings is 2. The molecule has 0 radical (unpaired) electrons. The molecule has 262 valence electrons. The fraction of sp³-hybridized carbons (Fsp3) is 0.471. The number of carbonyl (C=O) groups excluding carboxylic acids is 2. The summed E-state index contributed by atoms with van der Waals surface area (Å²) in [4.78, 5) is 62.8. The zero-order valence-corrected chi connectivity index (χ0v) is 28.0. The molecule has 0 unspecified atom stereocenters. The van der Waals surface area contributed by atoms with Gasteiger partial charge in [0.05, 0.1) is 55.9 Å². The largest absolute Gasteiger partial charge is 0.480 e. The number of ketones is 1. The van der Waals surface area contributed by atoms with E-state index >= 15 is 0 Å². The van der Waals surface area contributed by atoms with Crippen molar-refractivity contribution in [3.05, 3.63) is 59.7 Å². The van der Waals surface area contributed by atoms with Crippen molar-refractivity contribution in [2.45, 2.75) is 32.0 Å². The highest BCUT2D eigenvalue weighted by Crippen LogP contribution is 2.40. The lowest BCUT2D eigenvalue weighted by Gasteiger charge is -2.36. The SMILES string of the molecule is CC1(C)C(=O)c2ccc(-c3cnc(N4CCN5C(=O)N(CCOCCOCCOCC(=O)O)C[C@@H]5C4)nc3)nc2N1Cc1cccnc1C#N. The van der Waals surface area contributed by atoms with Crippen LogP contribution < -0.4 is 9.80 Å². The Morgan fingerprint density at radius 1 is 1.00 bits per heavy atom. The molecule has 2 saturated heterocycles. The quantitative estimate of drug-likeness (QED) is 0.228. The normalized spacial score (nSPS) is 18.0. The van der Waals surface area contributed by atoms with Crippen LogP contribution in [0.3, 0.4) is 0 Å². The van der Waals surface area contributed by atoms with Gasteiger partial charge in [-0.3, -0.25) is 4.79 Å². The molecule has 1 N–H and O–H groups in total. The number of carboxylic acids is 1. The van der Waals surface area contributed by atoms with Crippen LogP contribution in [0.5, 0.6) is 0 Å². The Balaban J connectivity index is 1.03. The summed E-state index contributed by atoms with van der Waals surface area (Å²) in [7, 11) is 0. The summed E-state index contributed by atoms with van der Waals surface area (Å²) in [6, 6.07) is 9.32. The van der Waals surface area contributed by atoms with E-state index in [0.29, 0.717) is 98.9 Å². The lowest BCUT2D eigenvalue weighted by atomic mass is 9.97. The molecule has 3 aromatic rings. The van der Waals surface area contributed by atoms with Crippen LogP contribution in [0.2, 0.25) is 0 Å². The molecule has 3 aliphatic rings. The summed E-state index contributed by atoms with van der Waals surface area (Å²) >= 11 is 0. The zero-order chi connectivity index (χ0) is 35.3. The van der Waals surface area contributed by atoms with Gasteiger partial charge in [0, 0.05) is 69.0 Å². The number of carboxylic acid groups (broad SMARTS) is 1. The average Bonchev–Trinajstić information content (AvgIpc) is 3.53. The van der Waals surface area contributed by atoms with Crippen LogP contribution in [0.15, 0.2) is 42.9 Å². The number of hydrogen-bond acceptors (Lipinski definition) is 13.